The maximum atomic E-state index is 13.5. The second-order valence-corrected chi connectivity index (χ2v) is 10.7. The van der Waals surface area contributed by atoms with Gasteiger partial charge in [-0.3, -0.25) is 14.9 Å². The van der Waals surface area contributed by atoms with E-state index in [1.807, 2.05) is 6.08 Å². The highest BCUT2D eigenvalue weighted by Crippen LogP contribution is 2.64. The number of benzene rings is 1. The molecule has 0 aliphatic heterocycles. The van der Waals surface area contributed by atoms with E-state index in [4.69, 9.17) is 0 Å². The zero-order valence-electron chi connectivity index (χ0n) is 18.3. The van der Waals surface area contributed by atoms with Crippen LogP contribution in [0.5, 0.6) is 0 Å². The van der Waals surface area contributed by atoms with Crippen LogP contribution in [0.25, 0.3) is 6.08 Å². The number of hydrogen-bond donors (Lipinski definition) is 1. The number of nitro benzene ring substituents is 1. The number of carbonyl (C=O) groups excluding carboxylic acids is 1. The first-order valence-electron chi connectivity index (χ1n) is 11.6. The van der Waals surface area contributed by atoms with Crippen LogP contribution in [0.3, 0.4) is 0 Å². The molecule has 164 valence electrons. The molecule has 1 N–H and O–H groups in total. The number of aliphatic hydroxyl groups excluding tert-OH is 1. The molecule has 3 saturated carbocycles. The lowest BCUT2D eigenvalue weighted by atomic mass is 9.48. The first kappa shape index (κ1) is 20.6. The van der Waals surface area contributed by atoms with Crippen molar-refractivity contribution in [3.05, 3.63) is 57.2 Å². The predicted molar refractivity (Wildman–Crippen MR) is 119 cm³/mol. The van der Waals surface area contributed by atoms with Crippen LogP contribution in [-0.2, 0) is 4.79 Å². The molecule has 0 heterocycles. The van der Waals surface area contributed by atoms with Crippen LogP contribution < -0.4 is 0 Å². The van der Waals surface area contributed by atoms with E-state index in [0.717, 1.165) is 56.1 Å². The molecule has 0 saturated heterocycles. The fraction of sp³-hybridized carbons (Fsp3) is 0.577. The van der Waals surface area contributed by atoms with Gasteiger partial charge in [0.25, 0.3) is 5.69 Å². The Morgan fingerprint density at radius 3 is 2.48 bits per heavy atom. The summed E-state index contributed by atoms with van der Waals surface area (Å²) in [6.07, 6.45) is 10.7. The van der Waals surface area contributed by atoms with Crippen molar-refractivity contribution in [3.63, 3.8) is 0 Å². The fourth-order valence-electron chi connectivity index (χ4n) is 7.33. The molecular formula is C26H31NO4. The van der Waals surface area contributed by atoms with Crippen LogP contribution in [0.1, 0.15) is 64.4 Å². The van der Waals surface area contributed by atoms with Crippen molar-refractivity contribution in [1.29, 1.82) is 0 Å². The van der Waals surface area contributed by atoms with E-state index in [2.05, 4.69) is 19.9 Å². The lowest BCUT2D eigenvalue weighted by Gasteiger charge is -2.56. The van der Waals surface area contributed by atoms with Gasteiger partial charge in [-0.25, -0.2) is 0 Å². The molecular weight excluding hydrogens is 390 g/mol. The Morgan fingerprint density at radius 1 is 1.06 bits per heavy atom. The third kappa shape index (κ3) is 3.12. The van der Waals surface area contributed by atoms with Crippen molar-refractivity contribution in [3.8, 4) is 0 Å². The Bertz CT molecular complexity index is 993. The standard InChI is InChI=1S/C26H31NO4/c1-25-11-9-20(28)15-18(25)5-8-21-22(25)10-12-26(2)23(21)14-17(24(26)29)13-16-3-6-19(7-4-16)27(30)31/h3-7,13,20-23,28H,8-12,14-15H2,1-2H3/b17-13+/t20-,21+,22-,23+,25+,26+/m0/s1. The van der Waals surface area contributed by atoms with Crippen LogP contribution in [0, 0.1) is 38.7 Å². The molecule has 6 atom stereocenters. The summed E-state index contributed by atoms with van der Waals surface area (Å²) in [6, 6.07) is 6.47. The lowest BCUT2D eigenvalue weighted by molar-refractivity contribution is -0.384. The minimum Gasteiger partial charge on any atom is -0.393 e. The largest absolute Gasteiger partial charge is 0.393 e. The maximum Gasteiger partial charge on any atom is 0.269 e. The molecule has 4 aliphatic rings. The molecule has 0 unspecified atom stereocenters. The van der Waals surface area contributed by atoms with Gasteiger partial charge in [0, 0.05) is 17.5 Å². The number of carbonyl (C=O) groups is 1. The topological polar surface area (TPSA) is 80.4 Å². The number of hydrogen-bond acceptors (Lipinski definition) is 4. The van der Waals surface area contributed by atoms with E-state index in [1.165, 1.54) is 17.7 Å². The summed E-state index contributed by atoms with van der Waals surface area (Å²) in [5, 5.41) is 21.1. The Labute approximate surface area is 183 Å². The molecule has 1 aromatic rings. The predicted octanol–water partition coefficient (Wildman–Crippen LogP) is 5.48. The molecule has 0 aromatic heterocycles. The number of nitro groups is 1. The second-order valence-electron chi connectivity index (χ2n) is 10.7. The molecule has 0 spiro atoms. The van der Waals surface area contributed by atoms with Crippen LogP contribution in [-0.4, -0.2) is 21.9 Å². The number of ketones is 1. The molecule has 5 nitrogen and oxygen atoms in total. The van der Waals surface area contributed by atoms with Gasteiger partial charge in [-0.2, -0.15) is 0 Å². The number of fused-ring (bicyclic) bond motifs is 5. The minimum atomic E-state index is -0.400. The Hall–Kier alpha value is -2.27. The highest BCUT2D eigenvalue weighted by atomic mass is 16.6. The molecule has 4 aliphatic carbocycles. The van der Waals surface area contributed by atoms with Crippen LogP contribution in [0.4, 0.5) is 5.69 Å². The summed E-state index contributed by atoms with van der Waals surface area (Å²) in [4.78, 5) is 24.0. The van der Waals surface area contributed by atoms with Crippen molar-refractivity contribution in [1.82, 2.24) is 0 Å². The van der Waals surface area contributed by atoms with Gasteiger partial charge < -0.3 is 5.11 Å². The Balaban J connectivity index is 1.44. The molecule has 3 fully saturated rings. The van der Waals surface area contributed by atoms with Gasteiger partial charge in [-0.05, 0) is 97.5 Å². The average molecular weight is 422 g/mol. The van der Waals surface area contributed by atoms with Gasteiger partial charge in [0.05, 0.1) is 11.0 Å². The van der Waals surface area contributed by atoms with E-state index in [9.17, 15) is 20.0 Å². The normalized spacial score (nSPS) is 40.7. The van der Waals surface area contributed by atoms with Crippen molar-refractivity contribution in [2.24, 2.45) is 28.6 Å². The minimum absolute atomic E-state index is 0.0685. The molecule has 5 rings (SSSR count). The molecule has 5 heteroatoms. The van der Waals surface area contributed by atoms with Crippen molar-refractivity contribution in [2.45, 2.75) is 64.9 Å². The van der Waals surface area contributed by atoms with Crippen molar-refractivity contribution in [2.75, 3.05) is 0 Å². The third-order valence-electron chi connectivity index (χ3n) is 9.16. The quantitative estimate of drug-likeness (QED) is 0.297. The van der Waals surface area contributed by atoms with Gasteiger partial charge in [0.1, 0.15) is 0 Å². The van der Waals surface area contributed by atoms with Crippen molar-refractivity contribution < 1.29 is 14.8 Å². The van der Waals surface area contributed by atoms with E-state index in [0.29, 0.717) is 17.8 Å². The zero-order chi connectivity index (χ0) is 22.0. The smallest absolute Gasteiger partial charge is 0.269 e. The molecule has 0 bridgehead atoms. The zero-order valence-corrected chi connectivity index (χ0v) is 18.3. The highest BCUT2D eigenvalue weighted by molar-refractivity contribution is 6.06. The summed E-state index contributed by atoms with van der Waals surface area (Å²) >= 11 is 0. The van der Waals surface area contributed by atoms with Crippen LogP contribution in [0.15, 0.2) is 41.5 Å². The first-order chi connectivity index (χ1) is 14.7. The summed E-state index contributed by atoms with van der Waals surface area (Å²) in [7, 11) is 0. The number of rotatable bonds is 2. The van der Waals surface area contributed by atoms with Gasteiger partial charge in [-0.1, -0.05) is 25.5 Å². The monoisotopic (exact) mass is 421 g/mol. The summed E-state index contributed by atoms with van der Waals surface area (Å²) in [5.74, 6) is 1.72. The molecule has 0 amide bonds. The van der Waals surface area contributed by atoms with Gasteiger partial charge in [0.2, 0.25) is 0 Å². The molecule has 31 heavy (non-hydrogen) atoms. The van der Waals surface area contributed by atoms with Gasteiger partial charge in [0.15, 0.2) is 5.78 Å². The van der Waals surface area contributed by atoms with E-state index < -0.39 is 4.92 Å². The summed E-state index contributed by atoms with van der Waals surface area (Å²) in [6.45, 7) is 4.56. The summed E-state index contributed by atoms with van der Waals surface area (Å²) in [5.41, 5.74) is 3.11. The number of allylic oxidation sites excluding steroid dienone is 2. The average Bonchev–Trinajstić information content (AvgIpc) is 2.99. The fourth-order valence-corrected chi connectivity index (χ4v) is 7.33. The van der Waals surface area contributed by atoms with Crippen LogP contribution in [0.2, 0.25) is 0 Å². The SMILES string of the molecule is C[C@@]12CC[C@H]3[C@@H](CC=C4C[C@@H](O)CC[C@]43C)[C@H]1C/C(=C\c1ccc([N+](=O)[O-])cc1)C2=O. The van der Waals surface area contributed by atoms with E-state index in [1.54, 1.807) is 12.1 Å². The highest BCUT2D eigenvalue weighted by Gasteiger charge is 2.59. The summed E-state index contributed by atoms with van der Waals surface area (Å²) < 4.78 is 0. The first-order valence-corrected chi connectivity index (χ1v) is 11.6. The van der Waals surface area contributed by atoms with Gasteiger partial charge >= 0.3 is 0 Å². The number of nitrogens with zero attached hydrogens (tertiary/aromatic N) is 1. The van der Waals surface area contributed by atoms with Gasteiger partial charge in [-0.15, -0.1) is 0 Å². The number of Topliss-reactive ketones (excluding diaryl/α,β-unsaturated/α-hetero) is 1. The molecule has 0 radical (unpaired) electrons. The molecule has 1 aromatic carbocycles. The second kappa shape index (κ2) is 7.13. The Kier molecular flexibility index (Phi) is 4.74. The van der Waals surface area contributed by atoms with Crippen LogP contribution >= 0.6 is 0 Å². The van der Waals surface area contributed by atoms with E-state index in [-0.39, 0.29) is 28.4 Å². The third-order valence-corrected chi connectivity index (χ3v) is 9.16. The van der Waals surface area contributed by atoms with E-state index >= 15 is 0 Å². The lowest BCUT2D eigenvalue weighted by Crippen LogP contribution is -2.50. The maximum absolute atomic E-state index is 13.5. The number of aliphatic hydroxyl groups is 1. The Morgan fingerprint density at radius 2 is 1.77 bits per heavy atom. The number of non-ortho nitro benzene ring substituents is 1. The van der Waals surface area contributed by atoms with Crippen molar-refractivity contribution >= 4 is 17.5 Å².